The first-order valence-corrected chi connectivity index (χ1v) is 8.36. The minimum atomic E-state index is -5.25. The fraction of sp³-hybridized carbons (Fsp3) is 0.750. The molecule has 1 radical (unpaired) electrons. The van der Waals surface area contributed by atoms with Gasteiger partial charge in [-0.3, -0.25) is 13.9 Å². The van der Waals surface area contributed by atoms with Crippen molar-refractivity contribution in [3.63, 3.8) is 0 Å². The minimum Gasteiger partial charge on any atom is -0.388 e. The number of aliphatic hydroxyl groups is 2. The van der Waals surface area contributed by atoms with Crippen LogP contribution in [0.5, 0.6) is 0 Å². The Balaban J connectivity index is 0. The summed E-state index contributed by atoms with van der Waals surface area (Å²) in [4.78, 5) is 21.7. The third-order valence-electron chi connectivity index (χ3n) is 2.22. The van der Waals surface area contributed by atoms with Crippen molar-refractivity contribution in [2.75, 3.05) is 6.61 Å². The second-order valence-corrected chi connectivity index (χ2v) is 6.26. The van der Waals surface area contributed by atoms with Crippen molar-refractivity contribution in [3.8, 4) is 0 Å². The molecule has 0 saturated carbocycles. The molecule has 0 bridgehead atoms. The summed E-state index contributed by atoms with van der Waals surface area (Å²) in [6, 6.07) is -1.76. The molecule has 4 atom stereocenters. The maximum Gasteiger partial charge on any atom is 0.397 e. The minimum absolute atomic E-state index is 0. The average molecular weight is 404 g/mol. The van der Waals surface area contributed by atoms with E-state index in [0.717, 1.165) is 6.92 Å². The van der Waals surface area contributed by atoms with E-state index in [1.165, 1.54) is 0 Å². The molecule has 0 aliphatic rings. The molecular formula is C8H15NNaO12S2. The Bertz CT molecular complexity index is 619. The monoisotopic (exact) mass is 404 g/mol. The van der Waals surface area contributed by atoms with Crippen molar-refractivity contribution in [1.29, 1.82) is 0 Å². The molecule has 5 N–H and O–H groups in total. The SMILES string of the molecule is CC(=O)NC(C=O)C(O)C(OS(=O)(=O)O)C(O)COS(=O)(=O)O.[Na]. The van der Waals surface area contributed by atoms with Crippen molar-refractivity contribution in [2.45, 2.75) is 31.3 Å². The van der Waals surface area contributed by atoms with Crippen LogP contribution in [0, 0.1) is 0 Å². The summed E-state index contributed by atoms with van der Waals surface area (Å²) >= 11 is 0. The molecular weight excluding hydrogens is 389 g/mol. The zero-order valence-electron chi connectivity index (χ0n) is 12.5. The Hall–Kier alpha value is -0.200. The van der Waals surface area contributed by atoms with Crippen LogP contribution in [0.25, 0.3) is 0 Å². The van der Waals surface area contributed by atoms with E-state index in [4.69, 9.17) is 9.11 Å². The van der Waals surface area contributed by atoms with E-state index in [2.05, 4.69) is 8.37 Å². The Morgan fingerprint density at radius 1 is 1.17 bits per heavy atom. The number of rotatable bonds is 10. The van der Waals surface area contributed by atoms with E-state index in [9.17, 15) is 36.6 Å². The molecule has 0 aliphatic carbocycles. The van der Waals surface area contributed by atoms with Gasteiger partial charge in [0, 0.05) is 36.5 Å². The first-order chi connectivity index (χ1) is 10.3. The van der Waals surface area contributed by atoms with Crippen LogP contribution in [0.4, 0.5) is 0 Å². The van der Waals surface area contributed by atoms with Gasteiger partial charge in [-0.1, -0.05) is 0 Å². The molecule has 0 aromatic rings. The van der Waals surface area contributed by atoms with Gasteiger partial charge in [-0.2, -0.15) is 16.8 Å². The first-order valence-electron chi connectivity index (χ1n) is 5.63. The molecule has 4 unspecified atom stereocenters. The molecule has 0 aliphatic heterocycles. The molecule has 0 rings (SSSR count). The van der Waals surface area contributed by atoms with E-state index >= 15 is 0 Å². The number of amides is 1. The number of aldehydes is 1. The Kier molecular flexibility index (Phi) is 11.6. The standard InChI is InChI=1S/C8H15NO12S2.Na/c1-4(11)9-5(2-10)7(13)8(21-23(17,18)19)6(12)3-20-22(14,15)16;/h2,5-8,12-13H,3H2,1H3,(H,9,11)(H,14,15,16)(H,17,18,19);. The maximum atomic E-state index is 10.9. The van der Waals surface area contributed by atoms with Crippen LogP contribution >= 0.6 is 0 Å². The summed E-state index contributed by atoms with van der Waals surface area (Å²) < 4.78 is 66.9. The first kappa shape index (κ1) is 26.0. The number of nitrogens with one attached hydrogen (secondary N) is 1. The smallest absolute Gasteiger partial charge is 0.388 e. The fourth-order valence-corrected chi connectivity index (χ4v) is 2.21. The summed E-state index contributed by atoms with van der Waals surface area (Å²) in [5.74, 6) is -0.810. The second kappa shape index (κ2) is 10.7. The third-order valence-corrected chi connectivity index (χ3v) is 3.12. The number of hydrogen-bond donors (Lipinski definition) is 5. The van der Waals surface area contributed by atoms with Crippen molar-refractivity contribution < 1.29 is 54.1 Å². The Morgan fingerprint density at radius 2 is 1.67 bits per heavy atom. The zero-order chi connectivity index (χ0) is 18.4. The van der Waals surface area contributed by atoms with Crippen LogP contribution in [-0.4, -0.2) is 109 Å². The zero-order valence-corrected chi connectivity index (χ0v) is 16.1. The molecule has 137 valence electrons. The summed E-state index contributed by atoms with van der Waals surface area (Å²) in [6.07, 6.45) is -6.81. The average Bonchev–Trinajstić information content (AvgIpc) is 2.36. The quantitative estimate of drug-likeness (QED) is 0.134. The van der Waals surface area contributed by atoms with Gasteiger partial charge in [0.1, 0.15) is 30.6 Å². The van der Waals surface area contributed by atoms with Crippen molar-refractivity contribution in [1.82, 2.24) is 5.32 Å². The van der Waals surface area contributed by atoms with Gasteiger partial charge < -0.3 is 20.3 Å². The van der Waals surface area contributed by atoms with Gasteiger partial charge in [-0.25, -0.2) is 8.37 Å². The summed E-state index contributed by atoms with van der Waals surface area (Å²) in [6.45, 7) is -0.332. The summed E-state index contributed by atoms with van der Waals surface area (Å²) in [5, 5.41) is 21.3. The second-order valence-electron chi connectivity index (χ2n) is 4.12. The van der Waals surface area contributed by atoms with E-state index in [1.54, 1.807) is 0 Å². The van der Waals surface area contributed by atoms with Gasteiger partial charge in [0.05, 0.1) is 6.61 Å². The predicted octanol–water partition coefficient (Wildman–Crippen LogP) is -3.96. The number of aliphatic hydroxyl groups excluding tert-OH is 2. The molecule has 13 nitrogen and oxygen atoms in total. The van der Waals surface area contributed by atoms with Crippen LogP contribution in [0.2, 0.25) is 0 Å². The van der Waals surface area contributed by atoms with Crippen molar-refractivity contribution in [3.05, 3.63) is 0 Å². The van der Waals surface area contributed by atoms with Gasteiger partial charge >= 0.3 is 20.8 Å². The fourth-order valence-electron chi connectivity index (χ4n) is 1.38. The van der Waals surface area contributed by atoms with Crippen LogP contribution < -0.4 is 5.32 Å². The molecule has 0 saturated heterocycles. The van der Waals surface area contributed by atoms with E-state index in [-0.39, 0.29) is 35.8 Å². The normalized spacial score (nSPS) is 17.0. The van der Waals surface area contributed by atoms with Crippen molar-refractivity contribution in [2.24, 2.45) is 0 Å². The van der Waals surface area contributed by atoms with Gasteiger partial charge in [-0.15, -0.1) is 0 Å². The maximum absolute atomic E-state index is 10.9. The van der Waals surface area contributed by atoms with E-state index in [0.29, 0.717) is 0 Å². The molecule has 16 heteroatoms. The molecule has 0 heterocycles. The molecule has 0 aromatic carbocycles. The number of carbonyl (C=O) groups is 2. The van der Waals surface area contributed by atoms with Crippen LogP contribution in [-0.2, 0) is 38.8 Å². The summed E-state index contributed by atoms with van der Waals surface area (Å²) in [5.41, 5.74) is 0. The topological polar surface area (TPSA) is 214 Å². The van der Waals surface area contributed by atoms with E-state index in [1.807, 2.05) is 5.32 Å². The number of carbonyl (C=O) groups excluding carboxylic acids is 2. The Morgan fingerprint density at radius 3 is 2.00 bits per heavy atom. The van der Waals surface area contributed by atoms with Crippen LogP contribution in [0.15, 0.2) is 0 Å². The molecule has 0 fully saturated rings. The third kappa shape index (κ3) is 11.4. The predicted molar refractivity (Wildman–Crippen MR) is 75.4 cm³/mol. The van der Waals surface area contributed by atoms with Crippen LogP contribution in [0.1, 0.15) is 6.92 Å². The molecule has 0 aromatic heterocycles. The van der Waals surface area contributed by atoms with Crippen molar-refractivity contribution >= 4 is 62.5 Å². The molecule has 0 spiro atoms. The Labute approximate surface area is 159 Å². The number of hydrogen-bond acceptors (Lipinski definition) is 10. The van der Waals surface area contributed by atoms with Gasteiger partial charge in [0.2, 0.25) is 5.91 Å². The van der Waals surface area contributed by atoms with Gasteiger partial charge in [0.25, 0.3) is 0 Å². The largest absolute Gasteiger partial charge is 0.397 e. The van der Waals surface area contributed by atoms with Crippen LogP contribution in [0.3, 0.4) is 0 Å². The van der Waals surface area contributed by atoms with Gasteiger partial charge in [0.15, 0.2) is 0 Å². The van der Waals surface area contributed by atoms with E-state index < -0.39 is 57.7 Å². The summed E-state index contributed by atoms with van der Waals surface area (Å²) in [7, 11) is -10.3. The van der Waals surface area contributed by atoms with Gasteiger partial charge in [-0.05, 0) is 0 Å². The molecule has 24 heavy (non-hydrogen) atoms. The molecule has 1 amide bonds.